The van der Waals surface area contributed by atoms with Gasteiger partial charge in [-0.15, -0.1) is 0 Å². The van der Waals surface area contributed by atoms with E-state index in [1.54, 1.807) is 0 Å². The lowest BCUT2D eigenvalue weighted by Gasteiger charge is -2.08. The molecule has 6 nitrogen and oxygen atoms in total. The van der Waals surface area contributed by atoms with E-state index in [1.807, 2.05) is 32.0 Å². The molecule has 0 heterocycles. The molecule has 1 aromatic carbocycles. The fraction of sp³-hybridized carbons (Fsp3) is 0.385. The highest BCUT2D eigenvalue weighted by Crippen LogP contribution is 2.16. The second-order valence-corrected chi connectivity index (χ2v) is 4.12. The second kappa shape index (κ2) is 7.38. The Labute approximate surface area is 111 Å². The van der Waals surface area contributed by atoms with E-state index in [4.69, 9.17) is 10.5 Å². The molecule has 0 saturated carbocycles. The van der Waals surface area contributed by atoms with Gasteiger partial charge in [0.1, 0.15) is 5.75 Å². The number of amides is 2. The van der Waals surface area contributed by atoms with Gasteiger partial charge in [-0.3, -0.25) is 14.4 Å². The maximum absolute atomic E-state index is 11.3. The third kappa shape index (κ3) is 5.87. The van der Waals surface area contributed by atoms with Gasteiger partial charge in [0, 0.05) is 0 Å². The molecule has 2 amide bonds. The molecular weight excluding hydrogens is 248 g/mol. The number of hydroxylamine groups is 1. The monoisotopic (exact) mass is 266 g/mol. The predicted octanol–water partition coefficient (Wildman–Crippen LogP) is 0.605. The van der Waals surface area contributed by atoms with Gasteiger partial charge in [0.25, 0.3) is 0 Å². The van der Waals surface area contributed by atoms with Gasteiger partial charge in [-0.1, -0.05) is 6.07 Å². The molecule has 1 aromatic rings. The standard InChI is InChI=1S/C13H18N2O4/c1-9-3-4-11(7-10(9)2)18-6-5-13(17)15-19-8-12(14)16/h3-4,7H,5-6,8H2,1-2H3,(H2,14,16)(H,15,17). The van der Waals surface area contributed by atoms with Crippen LogP contribution in [0.1, 0.15) is 17.5 Å². The summed E-state index contributed by atoms with van der Waals surface area (Å²) in [5.74, 6) is -0.300. The number of carbonyl (C=O) groups is 2. The van der Waals surface area contributed by atoms with Gasteiger partial charge in [0.2, 0.25) is 11.8 Å². The van der Waals surface area contributed by atoms with Crippen LogP contribution in [-0.4, -0.2) is 25.0 Å². The molecule has 0 radical (unpaired) electrons. The molecule has 0 unspecified atom stereocenters. The molecule has 0 fully saturated rings. The average Bonchev–Trinajstić information content (AvgIpc) is 2.33. The van der Waals surface area contributed by atoms with Crippen LogP contribution in [-0.2, 0) is 14.4 Å². The zero-order chi connectivity index (χ0) is 14.3. The van der Waals surface area contributed by atoms with Crippen molar-refractivity contribution in [2.24, 2.45) is 5.73 Å². The van der Waals surface area contributed by atoms with Crippen LogP contribution in [0.15, 0.2) is 18.2 Å². The van der Waals surface area contributed by atoms with Crippen molar-refractivity contribution < 1.29 is 19.2 Å². The van der Waals surface area contributed by atoms with E-state index in [2.05, 4.69) is 10.3 Å². The van der Waals surface area contributed by atoms with Crippen LogP contribution in [0.3, 0.4) is 0 Å². The van der Waals surface area contributed by atoms with E-state index >= 15 is 0 Å². The van der Waals surface area contributed by atoms with Crippen LogP contribution < -0.4 is 16.0 Å². The minimum absolute atomic E-state index is 0.131. The number of benzene rings is 1. The Hall–Kier alpha value is -2.08. The van der Waals surface area contributed by atoms with Crippen molar-refractivity contribution in [1.29, 1.82) is 0 Å². The second-order valence-electron chi connectivity index (χ2n) is 4.12. The summed E-state index contributed by atoms with van der Waals surface area (Å²) in [6.45, 7) is 3.90. The van der Waals surface area contributed by atoms with Crippen molar-refractivity contribution >= 4 is 11.8 Å². The molecule has 0 aliphatic rings. The first-order chi connectivity index (χ1) is 8.99. The van der Waals surface area contributed by atoms with Crippen LogP contribution >= 0.6 is 0 Å². The largest absolute Gasteiger partial charge is 0.493 e. The maximum Gasteiger partial charge on any atom is 0.246 e. The van der Waals surface area contributed by atoms with Crippen molar-refractivity contribution in [3.8, 4) is 5.75 Å². The highest BCUT2D eigenvalue weighted by atomic mass is 16.7. The molecular formula is C13H18N2O4. The number of carbonyl (C=O) groups excluding carboxylic acids is 2. The van der Waals surface area contributed by atoms with E-state index in [1.165, 1.54) is 5.56 Å². The molecule has 0 aromatic heterocycles. The molecule has 3 N–H and O–H groups in total. The lowest BCUT2D eigenvalue weighted by Crippen LogP contribution is -2.30. The molecule has 19 heavy (non-hydrogen) atoms. The van der Waals surface area contributed by atoms with Crippen LogP contribution in [0.25, 0.3) is 0 Å². The molecule has 0 aliphatic carbocycles. The maximum atomic E-state index is 11.3. The molecule has 0 spiro atoms. The number of rotatable bonds is 7. The van der Waals surface area contributed by atoms with E-state index in [0.717, 1.165) is 5.56 Å². The van der Waals surface area contributed by atoms with Gasteiger partial charge in [0.15, 0.2) is 6.61 Å². The van der Waals surface area contributed by atoms with Gasteiger partial charge in [-0.25, -0.2) is 5.48 Å². The third-order valence-corrected chi connectivity index (χ3v) is 2.48. The third-order valence-electron chi connectivity index (χ3n) is 2.48. The average molecular weight is 266 g/mol. The highest BCUT2D eigenvalue weighted by molar-refractivity contribution is 5.76. The van der Waals surface area contributed by atoms with Crippen LogP contribution in [0.5, 0.6) is 5.75 Å². The fourth-order valence-electron chi connectivity index (χ4n) is 1.30. The summed E-state index contributed by atoms with van der Waals surface area (Å²) in [5, 5.41) is 0. The highest BCUT2D eigenvalue weighted by Gasteiger charge is 2.03. The molecule has 0 atom stereocenters. The summed E-state index contributed by atoms with van der Waals surface area (Å²) in [5.41, 5.74) is 9.26. The molecule has 0 bridgehead atoms. The van der Waals surface area contributed by atoms with Crippen LogP contribution in [0.2, 0.25) is 0 Å². The molecule has 0 aliphatic heterocycles. The zero-order valence-electron chi connectivity index (χ0n) is 11.1. The normalized spacial score (nSPS) is 10.0. The lowest BCUT2D eigenvalue weighted by molar-refractivity contribution is -0.138. The Morgan fingerprint density at radius 2 is 2.00 bits per heavy atom. The smallest absolute Gasteiger partial charge is 0.246 e. The van der Waals surface area contributed by atoms with Crippen molar-refractivity contribution in [1.82, 2.24) is 5.48 Å². The molecule has 6 heteroatoms. The number of nitrogens with two attached hydrogens (primary N) is 1. The SMILES string of the molecule is Cc1ccc(OCCC(=O)NOCC(N)=O)cc1C. The van der Waals surface area contributed by atoms with Gasteiger partial charge in [0.05, 0.1) is 13.0 Å². The quantitative estimate of drug-likeness (QED) is 0.707. The summed E-state index contributed by atoms with van der Waals surface area (Å²) < 4.78 is 5.43. The van der Waals surface area contributed by atoms with Crippen LogP contribution in [0.4, 0.5) is 0 Å². The summed E-state index contributed by atoms with van der Waals surface area (Å²) >= 11 is 0. The van der Waals surface area contributed by atoms with Crippen molar-refractivity contribution in [3.05, 3.63) is 29.3 Å². The number of nitrogens with one attached hydrogen (secondary N) is 1. The van der Waals surface area contributed by atoms with Crippen LogP contribution in [0, 0.1) is 13.8 Å². The van der Waals surface area contributed by atoms with Gasteiger partial charge < -0.3 is 10.5 Å². The minimum atomic E-state index is -0.647. The molecule has 104 valence electrons. The van der Waals surface area contributed by atoms with E-state index in [0.29, 0.717) is 5.75 Å². The lowest BCUT2D eigenvalue weighted by atomic mass is 10.1. The zero-order valence-corrected chi connectivity index (χ0v) is 11.1. The first-order valence-electron chi connectivity index (χ1n) is 5.88. The first kappa shape index (κ1) is 15.0. The molecule has 0 saturated heterocycles. The van der Waals surface area contributed by atoms with Crippen molar-refractivity contribution in [2.45, 2.75) is 20.3 Å². The summed E-state index contributed by atoms with van der Waals surface area (Å²) in [7, 11) is 0. The number of ether oxygens (including phenoxy) is 1. The number of hydrogen-bond acceptors (Lipinski definition) is 4. The van der Waals surface area contributed by atoms with Gasteiger partial charge >= 0.3 is 0 Å². The minimum Gasteiger partial charge on any atom is -0.493 e. The van der Waals surface area contributed by atoms with E-state index in [-0.39, 0.29) is 25.5 Å². The van der Waals surface area contributed by atoms with Gasteiger partial charge in [-0.05, 0) is 37.1 Å². The Kier molecular flexibility index (Phi) is 5.81. The van der Waals surface area contributed by atoms with E-state index in [9.17, 15) is 9.59 Å². The fourth-order valence-corrected chi connectivity index (χ4v) is 1.30. The van der Waals surface area contributed by atoms with E-state index < -0.39 is 5.91 Å². The van der Waals surface area contributed by atoms with Gasteiger partial charge in [-0.2, -0.15) is 0 Å². The summed E-state index contributed by atoms with van der Waals surface area (Å²) in [6, 6.07) is 5.72. The topological polar surface area (TPSA) is 90.7 Å². The summed E-state index contributed by atoms with van der Waals surface area (Å²) in [6.07, 6.45) is 0.131. The Morgan fingerprint density at radius 1 is 1.26 bits per heavy atom. The Balaban J connectivity index is 2.24. The first-order valence-corrected chi connectivity index (χ1v) is 5.88. The Bertz CT molecular complexity index is 460. The summed E-state index contributed by atoms with van der Waals surface area (Å²) in [4.78, 5) is 26.2. The number of hydrogen-bond donors (Lipinski definition) is 2. The predicted molar refractivity (Wildman–Crippen MR) is 69.3 cm³/mol. The molecule has 1 rings (SSSR count). The number of primary amides is 1. The number of aryl methyl sites for hydroxylation is 2. The Morgan fingerprint density at radius 3 is 2.63 bits per heavy atom. The van der Waals surface area contributed by atoms with Crippen molar-refractivity contribution in [2.75, 3.05) is 13.2 Å². The van der Waals surface area contributed by atoms with Crippen molar-refractivity contribution in [3.63, 3.8) is 0 Å².